The summed E-state index contributed by atoms with van der Waals surface area (Å²) in [6, 6.07) is 4.97. The molecule has 2 aromatic rings. The first-order chi connectivity index (χ1) is 8.08. The minimum atomic E-state index is -0.409. The van der Waals surface area contributed by atoms with Crippen LogP contribution in [-0.4, -0.2) is 20.9 Å². The molecule has 1 aromatic carbocycles. The molecule has 1 heterocycles. The number of rotatable bonds is 2. The second-order valence-electron chi connectivity index (χ2n) is 3.33. The van der Waals surface area contributed by atoms with Crippen molar-refractivity contribution in [2.45, 2.75) is 0 Å². The number of halogens is 2. The highest BCUT2D eigenvalue weighted by Crippen LogP contribution is 2.29. The summed E-state index contributed by atoms with van der Waals surface area (Å²) in [5.41, 5.74) is 0.565. The molecule has 2 rings (SSSR count). The van der Waals surface area contributed by atoms with Gasteiger partial charge in [-0.15, -0.1) is 5.10 Å². The van der Waals surface area contributed by atoms with E-state index in [0.29, 0.717) is 15.7 Å². The molecule has 0 fully saturated rings. The van der Waals surface area contributed by atoms with Gasteiger partial charge < -0.3 is 5.32 Å². The number of nitrogens with zero attached hydrogens (tertiary/aromatic N) is 3. The number of hydrogen-bond donors (Lipinski definition) is 1. The van der Waals surface area contributed by atoms with Crippen LogP contribution < -0.4 is 5.32 Å². The minimum Gasteiger partial charge on any atom is -0.318 e. The Labute approximate surface area is 107 Å². The average Bonchev–Trinajstić information content (AvgIpc) is 2.70. The van der Waals surface area contributed by atoms with E-state index in [-0.39, 0.29) is 5.69 Å². The highest BCUT2D eigenvalue weighted by molar-refractivity contribution is 6.39. The Kier molecular flexibility index (Phi) is 3.31. The minimum absolute atomic E-state index is 0.198. The summed E-state index contributed by atoms with van der Waals surface area (Å²) >= 11 is 11.9. The van der Waals surface area contributed by atoms with Crippen LogP contribution in [0.25, 0.3) is 0 Å². The van der Waals surface area contributed by atoms with Crippen LogP contribution in [0.4, 0.5) is 5.69 Å². The molecule has 0 aliphatic heterocycles. The molecule has 5 nitrogen and oxygen atoms in total. The number of benzene rings is 1. The molecular formula is C10H8Cl2N4O. The molecule has 0 saturated heterocycles. The fraction of sp³-hybridized carbons (Fsp3) is 0.100. The Morgan fingerprint density at radius 2 is 2.00 bits per heavy atom. The maximum Gasteiger partial charge on any atom is 0.277 e. The van der Waals surface area contributed by atoms with E-state index >= 15 is 0 Å². The van der Waals surface area contributed by atoms with Gasteiger partial charge in [0, 0.05) is 7.05 Å². The number of nitrogens with one attached hydrogen (secondary N) is 1. The lowest BCUT2D eigenvalue weighted by Gasteiger charge is -2.06. The number of aryl methyl sites for hydroxylation is 1. The summed E-state index contributed by atoms with van der Waals surface area (Å²) in [7, 11) is 1.67. The summed E-state index contributed by atoms with van der Waals surface area (Å²) in [5, 5.41) is 10.7. The van der Waals surface area contributed by atoms with Crippen molar-refractivity contribution < 1.29 is 4.79 Å². The number of carbonyl (C=O) groups excluding carboxylic acids is 1. The third-order valence-corrected chi connectivity index (χ3v) is 2.67. The number of para-hydroxylation sites is 1. The largest absolute Gasteiger partial charge is 0.318 e. The molecule has 0 spiro atoms. The van der Waals surface area contributed by atoms with Gasteiger partial charge in [0.25, 0.3) is 5.91 Å². The zero-order chi connectivity index (χ0) is 12.4. The van der Waals surface area contributed by atoms with Gasteiger partial charge in [0.2, 0.25) is 0 Å². The van der Waals surface area contributed by atoms with E-state index in [1.165, 1.54) is 10.9 Å². The van der Waals surface area contributed by atoms with Crippen LogP contribution in [0.3, 0.4) is 0 Å². The highest BCUT2D eigenvalue weighted by Gasteiger charge is 2.13. The zero-order valence-corrected chi connectivity index (χ0v) is 10.3. The summed E-state index contributed by atoms with van der Waals surface area (Å²) in [4.78, 5) is 11.8. The SMILES string of the molecule is Cn1cc(C(=O)Nc2c(Cl)cccc2Cl)nn1. The average molecular weight is 271 g/mol. The van der Waals surface area contributed by atoms with Crippen molar-refractivity contribution in [3.05, 3.63) is 40.1 Å². The van der Waals surface area contributed by atoms with Crippen molar-refractivity contribution >= 4 is 34.8 Å². The molecule has 7 heteroatoms. The first-order valence-corrected chi connectivity index (χ1v) is 5.45. The molecule has 1 amide bonds. The molecule has 0 aliphatic carbocycles. The Hall–Kier alpha value is -1.59. The van der Waals surface area contributed by atoms with Crippen LogP contribution in [0, 0.1) is 0 Å². The molecular weight excluding hydrogens is 263 g/mol. The summed E-state index contributed by atoms with van der Waals surface area (Å²) in [6.07, 6.45) is 1.50. The van der Waals surface area contributed by atoms with Crippen molar-refractivity contribution in [1.29, 1.82) is 0 Å². The standard InChI is InChI=1S/C10H8Cl2N4O/c1-16-5-8(14-15-16)10(17)13-9-6(11)3-2-4-7(9)12/h2-5H,1H3,(H,13,17). The van der Waals surface area contributed by atoms with E-state index in [9.17, 15) is 4.79 Å². The van der Waals surface area contributed by atoms with Crippen LogP contribution in [0.2, 0.25) is 10.0 Å². The van der Waals surface area contributed by atoms with E-state index in [1.54, 1.807) is 25.2 Å². The Morgan fingerprint density at radius 1 is 1.35 bits per heavy atom. The first kappa shape index (κ1) is 11.9. The monoisotopic (exact) mass is 270 g/mol. The molecule has 17 heavy (non-hydrogen) atoms. The van der Waals surface area contributed by atoms with Crippen LogP contribution in [-0.2, 0) is 7.05 Å². The van der Waals surface area contributed by atoms with E-state index in [1.807, 2.05) is 0 Å². The van der Waals surface area contributed by atoms with Crippen LogP contribution in [0.5, 0.6) is 0 Å². The molecule has 0 atom stereocenters. The molecule has 1 aromatic heterocycles. The van der Waals surface area contributed by atoms with Crippen LogP contribution >= 0.6 is 23.2 Å². The Bertz CT molecular complexity index is 547. The molecule has 0 radical (unpaired) electrons. The summed E-state index contributed by atoms with van der Waals surface area (Å²) < 4.78 is 1.43. The molecule has 0 bridgehead atoms. The van der Waals surface area contributed by atoms with Gasteiger partial charge in [0.1, 0.15) is 0 Å². The number of amides is 1. The number of hydrogen-bond acceptors (Lipinski definition) is 3. The maximum absolute atomic E-state index is 11.8. The topological polar surface area (TPSA) is 59.8 Å². The van der Waals surface area contributed by atoms with E-state index in [4.69, 9.17) is 23.2 Å². The first-order valence-electron chi connectivity index (χ1n) is 4.69. The van der Waals surface area contributed by atoms with Gasteiger partial charge in [0.15, 0.2) is 5.69 Å². The summed E-state index contributed by atoms with van der Waals surface area (Å²) in [5.74, 6) is -0.409. The van der Waals surface area contributed by atoms with E-state index in [2.05, 4.69) is 15.6 Å². The van der Waals surface area contributed by atoms with Gasteiger partial charge in [-0.3, -0.25) is 9.48 Å². The number of aromatic nitrogens is 3. The predicted octanol–water partition coefficient (Wildman–Crippen LogP) is 2.37. The maximum atomic E-state index is 11.8. The second kappa shape index (κ2) is 4.73. The lowest BCUT2D eigenvalue weighted by Crippen LogP contribution is -2.13. The molecule has 88 valence electrons. The van der Waals surface area contributed by atoms with Gasteiger partial charge in [0.05, 0.1) is 21.9 Å². The molecule has 0 unspecified atom stereocenters. The second-order valence-corrected chi connectivity index (χ2v) is 4.14. The zero-order valence-electron chi connectivity index (χ0n) is 8.82. The van der Waals surface area contributed by atoms with Gasteiger partial charge in [-0.2, -0.15) is 0 Å². The molecule has 1 N–H and O–H groups in total. The Balaban J connectivity index is 2.24. The third-order valence-electron chi connectivity index (χ3n) is 2.04. The predicted molar refractivity (Wildman–Crippen MR) is 65.4 cm³/mol. The van der Waals surface area contributed by atoms with E-state index in [0.717, 1.165) is 0 Å². The summed E-state index contributed by atoms with van der Waals surface area (Å²) in [6.45, 7) is 0. The normalized spacial score (nSPS) is 10.3. The number of carbonyl (C=O) groups is 1. The highest BCUT2D eigenvalue weighted by atomic mass is 35.5. The van der Waals surface area contributed by atoms with E-state index < -0.39 is 5.91 Å². The van der Waals surface area contributed by atoms with Crippen molar-refractivity contribution in [3.8, 4) is 0 Å². The van der Waals surface area contributed by atoms with Crippen LogP contribution in [0.15, 0.2) is 24.4 Å². The Morgan fingerprint density at radius 3 is 2.53 bits per heavy atom. The van der Waals surface area contributed by atoms with Gasteiger partial charge in [-0.05, 0) is 12.1 Å². The van der Waals surface area contributed by atoms with Gasteiger partial charge in [-0.1, -0.05) is 34.5 Å². The fourth-order valence-corrected chi connectivity index (χ4v) is 1.74. The van der Waals surface area contributed by atoms with Gasteiger partial charge >= 0.3 is 0 Å². The van der Waals surface area contributed by atoms with Crippen molar-refractivity contribution in [2.24, 2.45) is 7.05 Å². The van der Waals surface area contributed by atoms with Gasteiger partial charge in [-0.25, -0.2) is 0 Å². The lowest BCUT2D eigenvalue weighted by atomic mass is 10.3. The molecule has 0 aliphatic rings. The quantitative estimate of drug-likeness (QED) is 0.912. The third kappa shape index (κ3) is 2.57. The lowest BCUT2D eigenvalue weighted by molar-refractivity contribution is 0.102. The number of anilines is 1. The fourth-order valence-electron chi connectivity index (χ4n) is 1.25. The smallest absolute Gasteiger partial charge is 0.277 e. The molecule has 0 saturated carbocycles. The van der Waals surface area contributed by atoms with Crippen molar-refractivity contribution in [1.82, 2.24) is 15.0 Å². The van der Waals surface area contributed by atoms with Crippen molar-refractivity contribution in [3.63, 3.8) is 0 Å². The van der Waals surface area contributed by atoms with Crippen LogP contribution in [0.1, 0.15) is 10.5 Å². The van der Waals surface area contributed by atoms with Crippen molar-refractivity contribution in [2.75, 3.05) is 5.32 Å².